The molecule has 6 atom stereocenters. The number of amides is 3. The molecule has 7 nitrogen and oxygen atoms in total. The van der Waals surface area contributed by atoms with Gasteiger partial charge in [-0.15, -0.1) is 11.8 Å². The first-order valence-electron chi connectivity index (χ1n) is 13.2. The fourth-order valence-corrected chi connectivity index (χ4v) is 9.45. The Morgan fingerprint density at radius 1 is 1.14 bits per heavy atom. The number of thioether (sulfide) groups is 1. The molecule has 1 aromatic carbocycles. The molecule has 4 fully saturated rings. The van der Waals surface area contributed by atoms with Gasteiger partial charge in [-0.2, -0.15) is 0 Å². The Balaban J connectivity index is 1.41. The van der Waals surface area contributed by atoms with Gasteiger partial charge in [-0.25, -0.2) is 0 Å². The second-order valence-electron chi connectivity index (χ2n) is 10.7. The Bertz CT molecular complexity index is 953. The Morgan fingerprint density at radius 2 is 1.89 bits per heavy atom. The summed E-state index contributed by atoms with van der Waals surface area (Å²) in [7, 11) is 0. The van der Waals surface area contributed by atoms with Crippen LogP contribution in [0.2, 0.25) is 0 Å². The van der Waals surface area contributed by atoms with E-state index >= 15 is 0 Å². The zero-order valence-corrected chi connectivity index (χ0v) is 21.3. The summed E-state index contributed by atoms with van der Waals surface area (Å²) in [5, 5.41) is 15.9. The number of fused-ring (bicyclic) bond motifs is 1. The first-order valence-corrected chi connectivity index (χ1v) is 14.1. The number of benzene rings is 1. The van der Waals surface area contributed by atoms with Crippen LogP contribution in [0, 0.1) is 17.8 Å². The molecule has 4 aliphatic rings. The first kappa shape index (κ1) is 24.6. The molecule has 3 heterocycles. The number of nitrogens with zero attached hydrogens (tertiary/aromatic N) is 1. The monoisotopic (exact) mass is 499 g/mol. The Labute approximate surface area is 211 Å². The average Bonchev–Trinajstić information content (AvgIpc) is 3.46. The SMILES string of the molecule is CC1C[C@@H]2SC13C(C(=O)NC1CCCCC1)N(CCCO)C(=O)[C@@H]3[C@@H]2C(=O)NCc1ccccc1. The van der Waals surface area contributed by atoms with Crippen LogP contribution >= 0.6 is 11.8 Å². The molecule has 3 amide bonds. The average molecular weight is 500 g/mol. The largest absolute Gasteiger partial charge is 0.396 e. The molecule has 3 saturated heterocycles. The van der Waals surface area contributed by atoms with Crippen LogP contribution in [0.5, 0.6) is 0 Å². The second-order valence-corrected chi connectivity index (χ2v) is 12.3. The van der Waals surface area contributed by atoms with Gasteiger partial charge in [0.2, 0.25) is 17.7 Å². The van der Waals surface area contributed by atoms with E-state index in [0.29, 0.717) is 19.5 Å². The molecule has 1 aromatic rings. The number of carbonyl (C=O) groups excluding carboxylic acids is 3. The van der Waals surface area contributed by atoms with Crippen molar-refractivity contribution in [1.82, 2.24) is 15.5 Å². The van der Waals surface area contributed by atoms with Gasteiger partial charge in [-0.1, -0.05) is 56.5 Å². The molecular weight excluding hydrogens is 462 g/mol. The summed E-state index contributed by atoms with van der Waals surface area (Å²) >= 11 is 1.71. The summed E-state index contributed by atoms with van der Waals surface area (Å²) in [6.45, 7) is 2.87. The van der Waals surface area contributed by atoms with Crippen molar-refractivity contribution in [3.63, 3.8) is 0 Å². The predicted molar refractivity (Wildman–Crippen MR) is 135 cm³/mol. The van der Waals surface area contributed by atoms with Crippen LogP contribution in [0.3, 0.4) is 0 Å². The highest BCUT2D eigenvalue weighted by Crippen LogP contribution is 2.68. The summed E-state index contributed by atoms with van der Waals surface area (Å²) in [4.78, 5) is 42.9. The summed E-state index contributed by atoms with van der Waals surface area (Å²) < 4.78 is -0.593. The Hall–Kier alpha value is -2.06. The zero-order chi connectivity index (χ0) is 24.6. The standard InChI is InChI=1S/C27H37N3O4S/c1-17-15-20-21(24(32)28-16-18-9-4-2-5-10-18)22-26(34)30(13-8-14-31)23(27(17,22)35-20)25(33)29-19-11-6-3-7-12-19/h2,4-5,9-10,17,19-23,31H,3,6-8,11-16H2,1H3,(H,28,32)(H,29,33)/t17?,20-,21+,22-,23?,27?/m0/s1. The van der Waals surface area contributed by atoms with E-state index in [1.165, 1.54) is 6.42 Å². The van der Waals surface area contributed by atoms with Crippen LogP contribution in [0.25, 0.3) is 0 Å². The van der Waals surface area contributed by atoms with Crippen LogP contribution in [0.15, 0.2) is 30.3 Å². The molecule has 3 N–H and O–H groups in total. The molecule has 2 bridgehead atoms. The van der Waals surface area contributed by atoms with Crippen molar-refractivity contribution in [2.24, 2.45) is 17.8 Å². The molecule has 1 aliphatic carbocycles. The maximum atomic E-state index is 13.9. The van der Waals surface area contributed by atoms with Gasteiger partial charge in [0.05, 0.1) is 16.6 Å². The van der Waals surface area contributed by atoms with Crippen molar-refractivity contribution in [1.29, 1.82) is 0 Å². The number of hydrogen-bond donors (Lipinski definition) is 3. The zero-order valence-electron chi connectivity index (χ0n) is 20.4. The minimum atomic E-state index is -0.593. The summed E-state index contributed by atoms with van der Waals surface area (Å²) in [5.41, 5.74) is 1.02. The van der Waals surface area contributed by atoms with Gasteiger partial charge in [-0.05, 0) is 37.2 Å². The number of aliphatic hydroxyl groups excluding tert-OH is 1. The molecular formula is C27H37N3O4S. The third kappa shape index (κ3) is 4.26. The molecule has 190 valence electrons. The molecule has 3 aliphatic heterocycles. The van der Waals surface area contributed by atoms with Crippen LogP contribution < -0.4 is 10.6 Å². The normalized spacial score (nSPS) is 34.2. The third-order valence-electron chi connectivity index (χ3n) is 8.61. The Morgan fingerprint density at radius 3 is 2.60 bits per heavy atom. The van der Waals surface area contributed by atoms with Crippen molar-refractivity contribution >= 4 is 29.5 Å². The lowest BCUT2D eigenvalue weighted by atomic mass is 9.65. The van der Waals surface area contributed by atoms with E-state index < -0.39 is 22.6 Å². The van der Waals surface area contributed by atoms with Crippen LogP contribution in [-0.2, 0) is 20.9 Å². The fourth-order valence-electron chi connectivity index (χ4n) is 7.03. The highest BCUT2D eigenvalue weighted by Gasteiger charge is 2.75. The summed E-state index contributed by atoms with van der Waals surface area (Å²) in [6.07, 6.45) is 6.66. The summed E-state index contributed by atoms with van der Waals surface area (Å²) in [5.74, 6) is -1.03. The molecule has 3 unspecified atom stereocenters. The maximum absolute atomic E-state index is 13.9. The minimum Gasteiger partial charge on any atom is -0.396 e. The van der Waals surface area contributed by atoms with Crippen LogP contribution in [0.4, 0.5) is 0 Å². The van der Waals surface area contributed by atoms with E-state index in [1.807, 2.05) is 30.3 Å². The molecule has 0 aromatic heterocycles. The van der Waals surface area contributed by atoms with Crippen molar-refractivity contribution in [3.8, 4) is 0 Å². The van der Waals surface area contributed by atoms with E-state index in [0.717, 1.165) is 37.7 Å². The van der Waals surface area contributed by atoms with Gasteiger partial charge in [0.1, 0.15) is 6.04 Å². The highest BCUT2D eigenvalue weighted by atomic mass is 32.2. The number of aliphatic hydroxyl groups is 1. The van der Waals surface area contributed by atoms with Crippen molar-refractivity contribution in [2.75, 3.05) is 13.2 Å². The molecule has 35 heavy (non-hydrogen) atoms. The molecule has 1 saturated carbocycles. The predicted octanol–water partition coefficient (Wildman–Crippen LogP) is 2.47. The van der Waals surface area contributed by atoms with Gasteiger partial charge in [0.15, 0.2) is 0 Å². The lowest BCUT2D eigenvalue weighted by Gasteiger charge is -2.39. The van der Waals surface area contributed by atoms with Gasteiger partial charge < -0.3 is 20.6 Å². The van der Waals surface area contributed by atoms with E-state index in [-0.39, 0.29) is 41.5 Å². The number of likely N-dealkylation sites (tertiary alicyclic amines) is 1. The molecule has 0 radical (unpaired) electrons. The van der Waals surface area contributed by atoms with Gasteiger partial charge >= 0.3 is 0 Å². The van der Waals surface area contributed by atoms with Crippen molar-refractivity contribution < 1.29 is 19.5 Å². The number of hydrogen-bond acceptors (Lipinski definition) is 5. The molecule has 1 spiro atoms. The van der Waals surface area contributed by atoms with E-state index in [1.54, 1.807) is 16.7 Å². The fraction of sp³-hybridized carbons (Fsp3) is 0.667. The number of rotatable bonds is 8. The first-order chi connectivity index (χ1) is 17.0. The lowest BCUT2D eigenvalue weighted by molar-refractivity contribution is -0.140. The second kappa shape index (κ2) is 10.1. The van der Waals surface area contributed by atoms with Crippen molar-refractivity contribution in [2.45, 2.75) is 80.5 Å². The molecule has 5 rings (SSSR count). The maximum Gasteiger partial charge on any atom is 0.244 e. The topological polar surface area (TPSA) is 98.7 Å². The van der Waals surface area contributed by atoms with E-state index in [2.05, 4.69) is 17.6 Å². The highest BCUT2D eigenvalue weighted by molar-refractivity contribution is 8.02. The number of carbonyl (C=O) groups is 3. The van der Waals surface area contributed by atoms with E-state index in [9.17, 15) is 19.5 Å². The summed E-state index contributed by atoms with van der Waals surface area (Å²) in [6, 6.07) is 9.35. The van der Waals surface area contributed by atoms with E-state index in [4.69, 9.17) is 0 Å². The Kier molecular flexibility index (Phi) is 7.13. The van der Waals surface area contributed by atoms with Gasteiger partial charge in [0, 0.05) is 31.0 Å². The van der Waals surface area contributed by atoms with Gasteiger partial charge in [-0.3, -0.25) is 14.4 Å². The minimum absolute atomic E-state index is 0.0370. The van der Waals surface area contributed by atoms with Gasteiger partial charge in [0.25, 0.3) is 0 Å². The third-order valence-corrected chi connectivity index (χ3v) is 10.7. The van der Waals surface area contributed by atoms with Crippen LogP contribution in [-0.4, -0.2) is 63.0 Å². The smallest absolute Gasteiger partial charge is 0.244 e. The van der Waals surface area contributed by atoms with Crippen LogP contribution in [0.1, 0.15) is 57.4 Å². The number of nitrogens with one attached hydrogen (secondary N) is 2. The quantitative estimate of drug-likeness (QED) is 0.510. The van der Waals surface area contributed by atoms with Crippen molar-refractivity contribution in [3.05, 3.63) is 35.9 Å². The lowest BCUT2D eigenvalue weighted by Crippen LogP contribution is -2.58. The molecule has 8 heteroatoms.